The fraction of sp³-hybridized carbons (Fsp3) is 0.688. The maximum atomic E-state index is 11.5. The molecule has 0 aromatic carbocycles. The van der Waals surface area contributed by atoms with Crippen LogP contribution in [0.2, 0.25) is 0 Å². The summed E-state index contributed by atoms with van der Waals surface area (Å²) in [6.45, 7) is 5.83. The quantitative estimate of drug-likeness (QED) is 0.335. The molecular weight excluding hydrogens is 208 g/mol. The van der Waals surface area contributed by atoms with E-state index in [4.69, 9.17) is 0 Å². The van der Waals surface area contributed by atoms with Crippen LogP contribution in [0.5, 0.6) is 0 Å². The lowest BCUT2D eigenvalue weighted by Crippen LogP contribution is -1.97. The molecule has 0 aromatic rings. The number of ketones is 1. The first kappa shape index (κ1) is 16.1. The second kappa shape index (κ2) is 13.2. The molecule has 0 fully saturated rings. The van der Waals surface area contributed by atoms with Crippen molar-refractivity contribution < 1.29 is 4.79 Å². The highest BCUT2D eigenvalue weighted by Gasteiger charge is 2.00. The van der Waals surface area contributed by atoms with Crippen molar-refractivity contribution in [1.29, 1.82) is 0 Å². The van der Waals surface area contributed by atoms with Gasteiger partial charge in [0.1, 0.15) is 5.78 Å². The molecule has 0 aliphatic rings. The number of rotatable bonds is 12. The molecule has 0 saturated heterocycles. The Morgan fingerprint density at radius 1 is 1.00 bits per heavy atom. The molecule has 0 N–H and O–H groups in total. The van der Waals surface area contributed by atoms with Crippen molar-refractivity contribution in [3.8, 4) is 0 Å². The molecule has 0 unspecified atom stereocenters. The van der Waals surface area contributed by atoms with Crippen LogP contribution in [0.3, 0.4) is 0 Å². The fourth-order valence-corrected chi connectivity index (χ4v) is 1.83. The largest absolute Gasteiger partial charge is 0.300 e. The number of hydrogen-bond donors (Lipinski definition) is 0. The summed E-state index contributed by atoms with van der Waals surface area (Å²) in [7, 11) is 0. The molecule has 17 heavy (non-hydrogen) atoms. The Hall–Kier alpha value is -0.850. The van der Waals surface area contributed by atoms with E-state index in [9.17, 15) is 4.79 Å². The Kier molecular flexibility index (Phi) is 12.6. The molecule has 0 heterocycles. The summed E-state index contributed by atoms with van der Waals surface area (Å²) in [6.07, 6.45) is 16.9. The van der Waals surface area contributed by atoms with Crippen molar-refractivity contribution in [2.45, 2.75) is 71.1 Å². The highest BCUT2D eigenvalue weighted by molar-refractivity contribution is 5.78. The molecule has 0 aromatic heterocycles. The highest BCUT2D eigenvalue weighted by Crippen LogP contribution is 2.09. The standard InChI is InChI=1S/C16H28O/c1-3-5-7-9-10-11-13-15-16(17)14-12-8-6-4-2/h3,5,7H,1,4,6,8-15H2,2H3/b7-5+. The van der Waals surface area contributed by atoms with Gasteiger partial charge in [-0.2, -0.15) is 0 Å². The Balaban J connectivity index is 3.21. The minimum Gasteiger partial charge on any atom is -0.300 e. The number of hydrogen-bond acceptors (Lipinski definition) is 1. The van der Waals surface area contributed by atoms with Crippen LogP contribution in [0.25, 0.3) is 0 Å². The van der Waals surface area contributed by atoms with Gasteiger partial charge in [-0.25, -0.2) is 0 Å². The number of allylic oxidation sites excluding steroid dienone is 3. The van der Waals surface area contributed by atoms with Crippen molar-refractivity contribution in [3.05, 3.63) is 24.8 Å². The van der Waals surface area contributed by atoms with E-state index in [0.717, 1.165) is 32.1 Å². The van der Waals surface area contributed by atoms with Crippen LogP contribution in [0.15, 0.2) is 24.8 Å². The van der Waals surface area contributed by atoms with E-state index >= 15 is 0 Å². The molecule has 0 aliphatic heterocycles. The van der Waals surface area contributed by atoms with Gasteiger partial charge in [-0.3, -0.25) is 4.79 Å². The summed E-state index contributed by atoms with van der Waals surface area (Å²) >= 11 is 0. The van der Waals surface area contributed by atoms with Gasteiger partial charge in [0.2, 0.25) is 0 Å². The highest BCUT2D eigenvalue weighted by atomic mass is 16.1. The lowest BCUT2D eigenvalue weighted by atomic mass is 10.0. The summed E-state index contributed by atoms with van der Waals surface area (Å²) in [5.41, 5.74) is 0. The maximum Gasteiger partial charge on any atom is 0.132 e. The van der Waals surface area contributed by atoms with E-state index in [-0.39, 0.29) is 0 Å². The van der Waals surface area contributed by atoms with Gasteiger partial charge in [0.05, 0.1) is 0 Å². The SMILES string of the molecule is C=C/C=C/CCCCCC(=O)CCCCCC. The molecule has 0 rings (SSSR count). The normalized spacial score (nSPS) is 10.9. The van der Waals surface area contributed by atoms with Crippen molar-refractivity contribution in [2.24, 2.45) is 0 Å². The summed E-state index contributed by atoms with van der Waals surface area (Å²) in [5.74, 6) is 0.461. The smallest absolute Gasteiger partial charge is 0.132 e. The fourth-order valence-electron chi connectivity index (χ4n) is 1.83. The Morgan fingerprint density at radius 3 is 2.24 bits per heavy atom. The van der Waals surface area contributed by atoms with E-state index in [1.807, 2.05) is 6.08 Å². The van der Waals surface area contributed by atoms with Crippen LogP contribution in [0.1, 0.15) is 71.1 Å². The Morgan fingerprint density at radius 2 is 1.65 bits per heavy atom. The molecule has 0 bridgehead atoms. The first-order valence-electron chi connectivity index (χ1n) is 7.10. The molecule has 1 nitrogen and oxygen atoms in total. The predicted octanol–water partition coefficient (Wildman–Crippen LogP) is 5.22. The molecule has 1 heteroatoms. The van der Waals surface area contributed by atoms with E-state index in [2.05, 4.69) is 19.6 Å². The average molecular weight is 236 g/mol. The zero-order valence-corrected chi connectivity index (χ0v) is 11.4. The zero-order valence-electron chi connectivity index (χ0n) is 11.4. The number of Topliss-reactive ketones (excluding diaryl/α,β-unsaturated/α-hetero) is 1. The van der Waals surface area contributed by atoms with Crippen molar-refractivity contribution in [2.75, 3.05) is 0 Å². The first-order chi connectivity index (χ1) is 8.31. The summed E-state index contributed by atoms with van der Waals surface area (Å²) in [5, 5.41) is 0. The molecule has 0 spiro atoms. The van der Waals surface area contributed by atoms with Gasteiger partial charge in [0.25, 0.3) is 0 Å². The van der Waals surface area contributed by atoms with Crippen LogP contribution >= 0.6 is 0 Å². The van der Waals surface area contributed by atoms with Gasteiger partial charge in [-0.05, 0) is 25.7 Å². The molecule has 0 aliphatic carbocycles. The molecule has 0 saturated carbocycles. The number of unbranched alkanes of at least 4 members (excludes halogenated alkanes) is 6. The Labute approximate surface area is 107 Å². The van der Waals surface area contributed by atoms with E-state index in [1.165, 1.54) is 32.1 Å². The first-order valence-corrected chi connectivity index (χ1v) is 7.10. The van der Waals surface area contributed by atoms with Gasteiger partial charge in [0.15, 0.2) is 0 Å². The summed E-state index contributed by atoms with van der Waals surface area (Å²) in [6, 6.07) is 0. The average Bonchev–Trinajstić information content (AvgIpc) is 2.33. The lowest BCUT2D eigenvalue weighted by Gasteiger charge is -2.00. The van der Waals surface area contributed by atoms with Crippen LogP contribution in [0, 0.1) is 0 Å². The second-order valence-electron chi connectivity index (χ2n) is 4.61. The summed E-state index contributed by atoms with van der Waals surface area (Å²) in [4.78, 5) is 11.5. The third-order valence-corrected chi connectivity index (χ3v) is 2.91. The maximum absolute atomic E-state index is 11.5. The Bertz CT molecular complexity index is 216. The molecule has 98 valence electrons. The van der Waals surface area contributed by atoms with E-state index < -0.39 is 0 Å². The minimum absolute atomic E-state index is 0.461. The minimum atomic E-state index is 0.461. The van der Waals surface area contributed by atoms with Crippen LogP contribution in [-0.4, -0.2) is 5.78 Å². The van der Waals surface area contributed by atoms with Crippen LogP contribution < -0.4 is 0 Å². The zero-order chi connectivity index (χ0) is 12.8. The van der Waals surface area contributed by atoms with Crippen molar-refractivity contribution in [3.63, 3.8) is 0 Å². The van der Waals surface area contributed by atoms with Gasteiger partial charge in [0, 0.05) is 12.8 Å². The summed E-state index contributed by atoms with van der Waals surface area (Å²) < 4.78 is 0. The second-order valence-corrected chi connectivity index (χ2v) is 4.61. The third-order valence-electron chi connectivity index (χ3n) is 2.91. The molecule has 0 atom stereocenters. The molecule has 0 radical (unpaired) electrons. The lowest BCUT2D eigenvalue weighted by molar-refractivity contribution is -0.119. The number of carbonyl (C=O) groups is 1. The van der Waals surface area contributed by atoms with Gasteiger partial charge < -0.3 is 0 Å². The van der Waals surface area contributed by atoms with Crippen molar-refractivity contribution >= 4 is 5.78 Å². The topological polar surface area (TPSA) is 17.1 Å². The van der Waals surface area contributed by atoms with Crippen LogP contribution in [0.4, 0.5) is 0 Å². The van der Waals surface area contributed by atoms with Gasteiger partial charge >= 0.3 is 0 Å². The van der Waals surface area contributed by atoms with E-state index in [0.29, 0.717) is 5.78 Å². The van der Waals surface area contributed by atoms with Crippen molar-refractivity contribution in [1.82, 2.24) is 0 Å². The van der Waals surface area contributed by atoms with E-state index in [1.54, 1.807) is 6.08 Å². The molecular formula is C16H28O. The van der Waals surface area contributed by atoms with Gasteiger partial charge in [-0.15, -0.1) is 0 Å². The third kappa shape index (κ3) is 13.1. The van der Waals surface area contributed by atoms with Gasteiger partial charge in [-0.1, -0.05) is 57.4 Å². The van der Waals surface area contributed by atoms with Crippen LogP contribution in [-0.2, 0) is 4.79 Å². The molecule has 0 amide bonds. The predicted molar refractivity (Wildman–Crippen MR) is 76.2 cm³/mol. The number of carbonyl (C=O) groups excluding carboxylic acids is 1. The monoisotopic (exact) mass is 236 g/mol.